The Bertz CT molecular complexity index is 3530. The van der Waals surface area contributed by atoms with Crippen LogP contribution in [0.1, 0.15) is 0 Å². The monoisotopic (exact) mass is 774 g/mol. The molecule has 0 aliphatic carbocycles. The molecule has 6 nitrogen and oxygen atoms in total. The van der Waals surface area contributed by atoms with Gasteiger partial charge >= 0.3 is 0 Å². The Labute approximate surface area is 341 Å². The Balaban J connectivity index is 0.930. The van der Waals surface area contributed by atoms with Gasteiger partial charge in [0, 0.05) is 49.4 Å². The first-order valence-corrected chi connectivity index (χ1v) is 20.3. The molecule has 0 aliphatic rings. The van der Waals surface area contributed by atoms with Crippen molar-refractivity contribution in [2.45, 2.75) is 0 Å². The molecule has 0 unspecified atom stereocenters. The van der Waals surface area contributed by atoms with Crippen LogP contribution in [0.3, 0.4) is 0 Å². The van der Waals surface area contributed by atoms with E-state index in [1.165, 1.54) is 0 Å². The predicted molar refractivity (Wildman–Crippen MR) is 240 cm³/mol. The SMILES string of the molecule is c1ccc(-c2ccc(-c3nc(-c4ccc(-c5nc6ccc7oc8ccccc8c7c6s5)cc4)nc(-c4ccc(-c5cccc6c5oc5ccccc56)cc4)n3)cc2)cc1. The van der Waals surface area contributed by atoms with Gasteiger partial charge in [-0.05, 0) is 41.0 Å². The number of nitrogens with zero attached hydrogens (tertiary/aromatic N) is 4. The quantitative estimate of drug-likeness (QED) is 0.167. The van der Waals surface area contributed by atoms with E-state index in [4.69, 9.17) is 28.8 Å². The minimum atomic E-state index is 0.593. The average molecular weight is 775 g/mol. The molecule has 0 amide bonds. The summed E-state index contributed by atoms with van der Waals surface area (Å²) in [6, 6.07) is 62.2. The van der Waals surface area contributed by atoms with E-state index < -0.39 is 0 Å². The Morgan fingerprint density at radius 2 is 0.864 bits per heavy atom. The summed E-state index contributed by atoms with van der Waals surface area (Å²) in [6.07, 6.45) is 0. The molecule has 0 fully saturated rings. The Morgan fingerprint density at radius 3 is 1.54 bits per heavy atom. The molecule has 59 heavy (non-hydrogen) atoms. The van der Waals surface area contributed by atoms with Crippen molar-refractivity contribution in [1.29, 1.82) is 0 Å². The summed E-state index contributed by atoms with van der Waals surface area (Å²) in [6.45, 7) is 0. The van der Waals surface area contributed by atoms with Gasteiger partial charge in [0.2, 0.25) is 0 Å². The van der Waals surface area contributed by atoms with Crippen LogP contribution in [0.15, 0.2) is 191 Å². The first-order chi connectivity index (χ1) is 29.2. The van der Waals surface area contributed by atoms with Crippen molar-refractivity contribution in [3.05, 3.63) is 182 Å². The summed E-state index contributed by atoms with van der Waals surface area (Å²) >= 11 is 1.68. The third kappa shape index (κ3) is 5.70. The maximum atomic E-state index is 6.36. The second kappa shape index (κ2) is 13.4. The minimum absolute atomic E-state index is 0.593. The normalized spacial score (nSPS) is 11.7. The molecule has 7 heteroatoms. The van der Waals surface area contributed by atoms with Crippen molar-refractivity contribution >= 4 is 65.4 Å². The minimum Gasteiger partial charge on any atom is -0.456 e. The zero-order valence-corrected chi connectivity index (χ0v) is 32.2. The van der Waals surface area contributed by atoms with Crippen LogP contribution >= 0.6 is 11.3 Å². The number of furan rings is 2. The molecule has 0 spiro atoms. The lowest BCUT2D eigenvalue weighted by Crippen LogP contribution is -2.00. The van der Waals surface area contributed by atoms with E-state index >= 15 is 0 Å². The number of hydrogen-bond donors (Lipinski definition) is 0. The maximum Gasteiger partial charge on any atom is 0.164 e. The number of rotatable bonds is 6. The largest absolute Gasteiger partial charge is 0.456 e. The van der Waals surface area contributed by atoms with Crippen LogP contribution in [0, 0.1) is 0 Å². The number of para-hydroxylation sites is 3. The van der Waals surface area contributed by atoms with Crippen molar-refractivity contribution in [1.82, 2.24) is 19.9 Å². The summed E-state index contributed by atoms with van der Waals surface area (Å²) in [7, 11) is 0. The molecule has 0 saturated carbocycles. The Kier molecular flexibility index (Phi) is 7.61. The fourth-order valence-electron chi connectivity index (χ4n) is 8.06. The number of fused-ring (bicyclic) bond motifs is 8. The van der Waals surface area contributed by atoms with E-state index in [0.29, 0.717) is 17.5 Å². The van der Waals surface area contributed by atoms with Crippen LogP contribution in [0.5, 0.6) is 0 Å². The van der Waals surface area contributed by atoms with Gasteiger partial charge in [0.1, 0.15) is 27.3 Å². The second-order valence-electron chi connectivity index (χ2n) is 14.6. The topological polar surface area (TPSA) is 77.8 Å². The van der Waals surface area contributed by atoms with Crippen LogP contribution in [-0.2, 0) is 0 Å². The van der Waals surface area contributed by atoms with Crippen LogP contribution in [0.2, 0.25) is 0 Å². The molecule has 0 atom stereocenters. The standard InChI is InChI=1S/C52H30N4O2S/c1-2-9-31(10-3-1)32-17-21-34(22-18-32)49-54-50(35-23-19-33(20-24-35)38-13-8-14-40-39-11-4-6-15-43(39)58-47(38)40)56-51(55-49)36-25-27-37(28-26-36)52-53-42-29-30-45-46(48(42)59-52)41-12-5-7-16-44(41)57-45/h1-30H. The molecule has 4 heterocycles. The van der Waals surface area contributed by atoms with Gasteiger partial charge in [0.25, 0.3) is 0 Å². The lowest BCUT2D eigenvalue weighted by atomic mass is 10.0. The Morgan fingerprint density at radius 1 is 0.339 bits per heavy atom. The van der Waals surface area contributed by atoms with Gasteiger partial charge in [-0.15, -0.1) is 11.3 Å². The highest BCUT2D eigenvalue weighted by atomic mass is 32.1. The highest BCUT2D eigenvalue weighted by Crippen LogP contribution is 2.41. The van der Waals surface area contributed by atoms with Crippen molar-refractivity contribution in [3.63, 3.8) is 0 Å². The average Bonchev–Trinajstić information content (AvgIpc) is 4.03. The third-order valence-electron chi connectivity index (χ3n) is 11.0. The summed E-state index contributed by atoms with van der Waals surface area (Å²) in [5.41, 5.74) is 12.6. The molecule has 0 N–H and O–H groups in total. The molecule has 4 aromatic heterocycles. The first kappa shape index (κ1) is 33.4. The molecule has 0 saturated heterocycles. The van der Waals surface area contributed by atoms with Crippen LogP contribution in [0.25, 0.3) is 121 Å². The zero-order valence-electron chi connectivity index (χ0n) is 31.3. The molecule has 0 radical (unpaired) electrons. The first-order valence-electron chi connectivity index (χ1n) is 19.4. The van der Waals surface area contributed by atoms with Gasteiger partial charge in [-0.2, -0.15) is 0 Å². The van der Waals surface area contributed by atoms with Crippen LogP contribution < -0.4 is 0 Å². The van der Waals surface area contributed by atoms with Gasteiger partial charge in [-0.25, -0.2) is 19.9 Å². The summed E-state index contributed by atoms with van der Waals surface area (Å²) in [4.78, 5) is 20.2. The predicted octanol–water partition coefficient (Wildman–Crippen LogP) is 14.3. The Hall–Kier alpha value is -7.74. The van der Waals surface area contributed by atoms with Gasteiger partial charge in [0.05, 0.1) is 10.2 Å². The van der Waals surface area contributed by atoms with Crippen molar-refractivity contribution < 1.29 is 8.83 Å². The van der Waals surface area contributed by atoms with Crippen molar-refractivity contribution in [3.8, 4) is 67.0 Å². The van der Waals surface area contributed by atoms with E-state index in [0.717, 1.165) is 104 Å². The van der Waals surface area contributed by atoms with Crippen molar-refractivity contribution in [2.24, 2.45) is 0 Å². The number of hydrogen-bond acceptors (Lipinski definition) is 7. The van der Waals surface area contributed by atoms with Crippen molar-refractivity contribution in [2.75, 3.05) is 0 Å². The van der Waals surface area contributed by atoms with E-state index in [-0.39, 0.29) is 0 Å². The van der Waals surface area contributed by atoms with E-state index in [2.05, 4.69) is 127 Å². The van der Waals surface area contributed by atoms with Crippen LogP contribution in [-0.4, -0.2) is 19.9 Å². The second-order valence-corrected chi connectivity index (χ2v) is 15.6. The fraction of sp³-hybridized carbons (Fsp3) is 0. The molecular weight excluding hydrogens is 745 g/mol. The number of aromatic nitrogens is 4. The fourth-order valence-corrected chi connectivity index (χ4v) is 9.18. The summed E-state index contributed by atoms with van der Waals surface area (Å²) in [5.74, 6) is 1.79. The summed E-state index contributed by atoms with van der Waals surface area (Å²) in [5, 5.41) is 5.37. The molecule has 276 valence electrons. The van der Waals surface area contributed by atoms with E-state index in [1.807, 2.05) is 54.6 Å². The molecular formula is C52H30N4O2S. The van der Waals surface area contributed by atoms with Gasteiger partial charge in [-0.1, -0.05) is 158 Å². The summed E-state index contributed by atoms with van der Waals surface area (Å²) < 4.78 is 13.6. The van der Waals surface area contributed by atoms with Gasteiger partial charge in [-0.3, -0.25) is 0 Å². The van der Waals surface area contributed by atoms with Gasteiger partial charge in [0.15, 0.2) is 17.5 Å². The third-order valence-corrected chi connectivity index (χ3v) is 12.2. The number of benzene rings is 8. The maximum absolute atomic E-state index is 6.36. The number of thiazole rings is 1. The molecule has 8 aromatic carbocycles. The van der Waals surface area contributed by atoms with Crippen LogP contribution in [0.4, 0.5) is 0 Å². The molecule has 12 rings (SSSR count). The molecule has 0 aliphatic heterocycles. The lowest BCUT2D eigenvalue weighted by molar-refractivity contribution is 0.669. The smallest absolute Gasteiger partial charge is 0.164 e. The highest BCUT2D eigenvalue weighted by Gasteiger charge is 2.18. The zero-order chi connectivity index (χ0) is 38.9. The lowest BCUT2D eigenvalue weighted by Gasteiger charge is -2.10. The van der Waals surface area contributed by atoms with E-state index in [9.17, 15) is 0 Å². The molecule has 12 aromatic rings. The van der Waals surface area contributed by atoms with Gasteiger partial charge < -0.3 is 8.83 Å². The van der Waals surface area contributed by atoms with E-state index in [1.54, 1.807) is 11.3 Å². The highest BCUT2D eigenvalue weighted by molar-refractivity contribution is 7.22. The molecule has 0 bridgehead atoms.